The summed E-state index contributed by atoms with van der Waals surface area (Å²) in [6.45, 7) is 6.92. The maximum atomic E-state index is 14.1. The number of H-pyrrole nitrogens is 1. The van der Waals surface area contributed by atoms with Crippen LogP contribution in [0.4, 0.5) is 8.78 Å². The van der Waals surface area contributed by atoms with Gasteiger partial charge in [-0.05, 0) is 41.8 Å². The number of rotatable bonds is 7. The van der Waals surface area contributed by atoms with Crippen LogP contribution < -0.4 is 10.9 Å². The first-order chi connectivity index (χ1) is 18.7. The van der Waals surface area contributed by atoms with E-state index in [-0.39, 0.29) is 34.0 Å². The van der Waals surface area contributed by atoms with Crippen LogP contribution in [0.25, 0.3) is 16.9 Å². The molecular formula is C28H28ClF2N5O3. The van der Waals surface area contributed by atoms with Gasteiger partial charge in [0.2, 0.25) is 0 Å². The molecule has 0 aliphatic carbocycles. The van der Waals surface area contributed by atoms with Crippen LogP contribution in [0.2, 0.25) is 5.02 Å². The fraction of sp³-hybridized carbons (Fsp3) is 0.321. The second-order valence-electron chi connectivity index (χ2n) is 9.83. The fourth-order valence-corrected chi connectivity index (χ4v) is 4.98. The van der Waals surface area contributed by atoms with Gasteiger partial charge in [0.1, 0.15) is 17.2 Å². The molecule has 1 fully saturated rings. The summed E-state index contributed by atoms with van der Waals surface area (Å²) in [4.78, 5) is 31.8. The Morgan fingerprint density at radius 2 is 1.87 bits per heavy atom. The second-order valence-corrected chi connectivity index (χ2v) is 10.2. The third-order valence-electron chi connectivity index (χ3n) is 6.82. The maximum Gasteiger partial charge on any atom is 0.275 e. The lowest BCUT2D eigenvalue weighted by atomic mass is 9.99. The van der Waals surface area contributed by atoms with Gasteiger partial charge in [-0.3, -0.25) is 14.5 Å². The van der Waals surface area contributed by atoms with Crippen molar-refractivity contribution in [1.82, 2.24) is 24.8 Å². The molecule has 4 aromatic rings. The Morgan fingerprint density at radius 1 is 1.15 bits per heavy atom. The molecule has 1 aliphatic heterocycles. The minimum absolute atomic E-state index is 0.0445. The molecule has 1 aliphatic rings. The van der Waals surface area contributed by atoms with Gasteiger partial charge in [0.05, 0.1) is 29.8 Å². The van der Waals surface area contributed by atoms with Crippen molar-refractivity contribution in [3.8, 4) is 11.4 Å². The Morgan fingerprint density at radius 3 is 2.54 bits per heavy atom. The molecule has 2 aromatic heterocycles. The minimum Gasteiger partial charge on any atom is -0.379 e. The lowest BCUT2D eigenvalue weighted by molar-refractivity contribution is 0.0332. The molecule has 2 aromatic carbocycles. The predicted molar refractivity (Wildman–Crippen MR) is 144 cm³/mol. The van der Waals surface area contributed by atoms with Gasteiger partial charge < -0.3 is 15.0 Å². The first-order valence-electron chi connectivity index (χ1n) is 12.7. The Labute approximate surface area is 228 Å². The molecule has 0 spiro atoms. The van der Waals surface area contributed by atoms with Crippen LogP contribution in [0, 0.1) is 11.6 Å². The zero-order valence-corrected chi connectivity index (χ0v) is 22.3. The number of carbonyl (C=O) groups excluding carboxylic acids is 1. The van der Waals surface area contributed by atoms with Crippen molar-refractivity contribution in [1.29, 1.82) is 0 Å². The summed E-state index contributed by atoms with van der Waals surface area (Å²) >= 11 is 5.80. The topological polar surface area (TPSA) is 91.7 Å². The summed E-state index contributed by atoms with van der Waals surface area (Å²) in [6, 6.07) is 9.73. The lowest BCUT2D eigenvalue weighted by Crippen LogP contribution is -2.43. The third kappa shape index (κ3) is 5.73. The number of amides is 1. The van der Waals surface area contributed by atoms with Gasteiger partial charge in [-0.15, -0.1) is 5.10 Å². The number of carbonyl (C=O) groups is 1. The molecule has 1 amide bonds. The lowest BCUT2D eigenvalue weighted by Gasteiger charge is -2.31. The van der Waals surface area contributed by atoms with Crippen LogP contribution in [0.15, 0.2) is 53.5 Å². The zero-order valence-electron chi connectivity index (χ0n) is 21.5. The molecule has 5 rings (SSSR count). The summed E-state index contributed by atoms with van der Waals surface area (Å²) in [5.74, 6) is -1.43. The van der Waals surface area contributed by atoms with Crippen LogP contribution in [0.1, 0.15) is 47.3 Å². The second kappa shape index (κ2) is 11.3. The normalized spacial score (nSPS) is 15.1. The minimum atomic E-state index is -0.639. The maximum absolute atomic E-state index is 14.1. The standard InChI is InChI=1S/C28H28ClF2N5O3/c1-16(2)24-20(14-36-25(24)28(38)33-26(34-36)18-5-8-21(29)22(31)13-18)27(37)32-23(15-35-9-11-39-12-10-35)17-3-6-19(30)7-4-17/h3-8,13-14,16,23H,9-12,15H2,1-2H3,(H,32,37)(H,33,34,38). The van der Waals surface area contributed by atoms with Gasteiger partial charge >= 0.3 is 0 Å². The first-order valence-corrected chi connectivity index (χ1v) is 13.1. The van der Waals surface area contributed by atoms with Crippen molar-refractivity contribution in [2.75, 3.05) is 32.8 Å². The highest BCUT2D eigenvalue weighted by atomic mass is 35.5. The van der Waals surface area contributed by atoms with Crippen LogP contribution in [-0.2, 0) is 4.74 Å². The van der Waals surface area contributed by atoms with Crippen molar-refractivity contribution < 1.29 is 18.3 Å². The van der Waals surface area contributed by atoms with Crippen LogP contribution in [0.3, 0.4) is 0 Å². The molecule has 39 heavy (non-hydrogen) atoms. The highest BCUT2D eigenvalue weighted by Gasteiger charge is 2.26. The number of ether oxygens (including phenoxy) is 1. The summed E-state index contributed by atoms with van der Waals surface area (Å²) in [5, 5.41) is 7.52. The Bertz CT molecular complexity index is 1560. The van der Waals surface area contributed by atoms with Crippen molar-refractivity contribution in [3.05, 3.63) is 92.4 Å². The molecule has 0 saturated carbocycles. The Kier molecular flexibility index (Phi) is 7.79. The van der Waals surface area contributed by atoms with Crippen LogP contribution in [0.5, 0.6) is 0 Å². The number of hydrogen-bond acceptors (Lipinski definition) is 5. The van der Waals surface area contributed by atoms with Gasteiger partial charge in [-0.2, -0.15) is 0 Å². The average molecular weight is 556 g/mol. The number of halogens is 3. The van der Waals surface area contributed by atoms with E-state index in [1.54, 1.807) is 18.2 Å². The van der Waals surface area contributed by atoms with Crippen LogP contribution in [-0.4, -0.2) is 58.3 Å². The highest BCUT2D eigenvalue weighted by molar-refractivity contribution is 6.30. The van der Waals surface area contributed by atoms with E-state index in [1.165, 1.54) is 35.0 Å². The van der Waals surface area contributed by atoms with E-state index in [0.29, 0.717) is 49.5 Å². The van der Waals surface area contributed by atoms with Gasteiger partial charge in [0, 0.05) is 37.0 Å². The largest absolute Gasteiger partial charge is 0.379 e. The van der Waals surface area contributed by atoms with Gasteiger partial charge in [0.15, 0.2) is 5.82 Å². The number of nitrogens with one attached hydrogen (secondary N) is 2. The van der Waals surface area contributed by atoms with Crippen LogP contribution >= 0.6 is 11.6 Å². The number of aromatic amines is 1. The van der Waals surface area contributed by atoms with E-state index in [1.807, 2.05) is 13.8 Å². The van der Waals surface area contributed by atoms with E-state index in [0.717, 1.165) is 5.56 Å². The molecular weight excluding hydrogens is 528 g/mol. The molecule has 0 radical (unpaired) electrons. The van der Waals surface area contributed by atoms with E-state index in [2.05, 4.69) is 20.3 Å². The van der Waals surface area contributed by atoms with Gasteiger partial charge in [0.25, 0.3) is 11.5 Å². The number of fused-ring (bicyclic) bond motifs is 1. The SMILES string of the molecule is CC(C)c1c(C(=O)NC(CN2CCOCC2)c2ccc(F)cc2)cn2nc(-c3ccc(Cl)c(F)c3)[nH]c(=O)c12. The summed E-state index contributed by atoms with van der Waals surface area (Å²) in [7, 11) is 0. The summed E-state index contributed by atoms with van der Waals surface area (Å²) in [5.41, 5.74) is 1.72. The molecule has 204 valence electrons. The monoisotopic (exact) mass is 555 g/mol. The smallest absolute Gasteiger partial charge is 0.275 e. The number of morpholine rings is 1. The molecule has 1 unspecified atom stereocenters. The highest BCUT2D eigenvalue weighted by Crippen LogP contribution is 2.27. The average Bonchev–Trinajstić information content (AvgIpc) is 3.32. The third-order valence-corrected chi connectivity index (χ3v) is 7.12. The van der Waals surface area contributed by atoms with Crippen molar-refractivity contribution >= 4 is 23.0 Å². The number of benzene rings is 2. The molecule has 1 atom stereocenters. The van der Waals surface area contributed by atoms with E-state index >= 15 is 0 Å². The molecule has 3 heterocycles. The summed E-state index contributed by atoms with van der Waals surface area (Å²) < 4.78 is 34.5. The van der Waals surface area contributed by atoms with E-state index in [9.17, 15) is 18.4 Å². The zero-order chi connectivity index (χ0) is 27.7. The molecule has 2 N–H and O–H groups in total. The Balaban J connectivity index is 1.52. The number of aromatic nitrogens is 3. The first kappa shape index (κ1) is 27.0. The quantitative estimate of drug-likeness (QED) is 0.349. The van der Waals surface area contributed by atoms with E-state index < -0.39 is 17.4 Å². The van der Waals surface area contributed by atoms with Gasteiger partial charge in [-0.25, -0.2) is 13.3 Å². The number of nitrogens with zero attached hydrogens (tertiary/aromatic N) is 3. The molecule has 11 heteroatoms. The molecule has 0 bridgehead atoms. The van der Waals surface area contributed by atoms with Crippen molar-refractivity contribution in [2.24, 2.45) is 0 Å². The predicted octanol–water partition coefficient (Wildman–Crippen LogP) is 4.55. The molecule has 1 saturated heterocycles. The summed E-state index contributed by atoms with van der Waals surface area (Å²) in [6.07, 6.45) is 1.52. The molecule has 8 nitrogen and oxygen atoms in total. The van der Waals surface area contributed by atoms with Crippen molar-refractivity contribution in [3.63, 3.8) is 0 Å². The number of hydrogen-bond donors (Lipinski definition) is 2. The van der Waals surface area contributed by atoms with E-state index in [4.69, 9.17) is 16.3 Å². The van der Waals surface area contributed by atoms with Gasteiger partial charge in [-0.1, -0.05) is 37.6 Å². The fourth-order valence-electron chi connectivity index (χ4n) is 4.86. The van der Waals surface area contributed by atoms with Crippen molar-refractivity contribution in [2.45, 2.75) is 25.8 Å². The Hall–Kier alpha value is -3.60.